The van der Waals surface area contributed by atoms with Crippen LogP contribution in [0.5, 0.6) is 0 Å². The zero-order valence-electron chi connectivity index (χ0n) is 10.5. The van der Waals surface area contributed by atoms with Gasteiger partial charge in [0.25, 0.3) is 5.91 Å². The molecule has 1 fully saturated rings. The number of halogens is 3. The Kier molecular flexibility index (Phi) is 5.45. The molecule has 0 aliphatic heterocycles. The van der Waals surface area contributed by atoms with Gasteiger partial charge in [-0.15, -0.1) is 11.6 Å². The van der Waals surface area contributed by atoms with E-state index in [9.17, 15) is 9.18 Å². The van der Waals surface area contributed by atoms with Crippen molar-refractivity contribution in [1.82, 2.24) is 4.90 Å². The van der Waals surface area contributed by atoms with E-state index in [2.05, 4.69) is 0 Å². The lowest BCUT2D eigenvalue weighted by Crippen LogP contribution is -2.40. The van der Waals surface area contributed by atoms with Gasteiger partial charge in [0.15, 0.2) is 0 Å². The van der Waals surface area contributed by atoms with Crippen LogP contribution in [0.4, 0.5) is 4.39 Å². The summed E-state index contributed by atoms with van der Waals surface area (Å²) in [7, 11) is 0. The minimum absolute atomic E-state index is 0.0306. The smallest absolute Gasteiger partial charge is 0.255 e. The lowest BCUT2D eigenvalue weighted by molar-refractivity contribution is 0.0694. The van der Waals surface area contributed by atoms with E-state index < -0.39 is 0 Å². The Bertz CT molecular complexity index is 463. The van der Waals surface area contributed by atoms with Crippen molar-refractivity contribution in [3.63, 3.8) is 0 Å². The summed E-state index contributed by atoms with van der Waals surface area (Å²) in [5, 5.41) is 0. The molecule has 0 atom stereocenters. The van der Waals surface area contributed by atoms with Crippen LogP contribution in [-0.4, -0.2) is 29.3 Å². The molecule has 2 nitrogen and oxygen atoms in total. The molecule has 104 valence electrons. The van der Waals surface area contributed by atoms with E-state index in [0.29, 0.717) is 21.6 Å². The molecular weight excluding hydrogens is 380 g/mol. The maximum atomic E-state index is 13.1. The van der Waals surface area contributed by atoms with Crippen molar-refractivity contribution in [3.05, 3.63) is 33.1 Å². The highest BCUT2D eigenvalue weighted by molar-refractivity contribution is 14.1. The molecule has 1 aromatic rings. The van der Waals surface area contributed by atoms with Crippen molar-refractivity contribution in [2.45, 2.75) is 31.7 Å². The van der Waals surface area contributed by atoms with Crippen LogP contribution >= 0.6 is 34.2 Å². The first-order valence-corrected chi connectivity index (χ1v) is 8.07. The Hall–Kier alpha value is -0.360. The second kappa shape index (κ2) is 6.88. The van der Waals surface area contributed by atoms with Crippen LogP contribution in [0.2, 0.25) is 0 Å². The van der Waals surface area contributed by atoms with E-state index in [4.69, 9.17) is 11.6 Å². The first-order chi connectivity index (χ1) is 9.13. The van der Waals surface area contributed by atoms with Crippen LogP contribution in [0.25, 0.3) is 0 Å². The zero-order chi connectivity index (χ0) is 13.8. The van der Waals surface area contributed by atoms with Crippen molar-refractivity contribution in [2.24, 2.45) is 0 Å². The fraction of sp³-hybridized carbons (Fsp3) is 0.500. The third kappa shape index (κ3) is 3.60. The molecular formula is C14H16ClFINO. The summed E-state index contributed by atoms with van der Waals surface area (Å²) in [5.74, 6) is 0.0858. The third-order valence-electron chi connectivity index (χ3n) is 3.51. The molecule has 1 aliphatic rings. The molecule has 1 aromatic carbocycles. The average Bonchev–Trinajstić information content (AvgIpc) is 2.89. The third-order valence-corrected chi connectivity index (χ3v) is 4.57. The highest BCUT2D eigenvalue weighted by atomic mass is 127. The van der Waals surface area contributed by atoms with Crippen molar-refractivity contribution >= 4 is 40.1 Å². The zero-order valence-corrected chi connectivity index (χ0v) is 13.5. The summed E-state index contributed by atoms with van der Waals surface area (Å²) in [6.07, 6.45) is 4.41. The summed E-state index contributed by atoms with van der Waals surface area (Å²) in [5.41, 5.74) is 0.569. The summed E-state index contributed by atoms with van der Waals surface area (Å²) >= 11 is 7.82. The SMILES string of the molecule is O=C(c1ccc(F)cc1I)N(CCCl)C1CCCC1. The Morgan fingerprint density at radius 1 is 1.42 bits per heavy atom. The maximum absolute atomic E-state index is 13.1. The van der Waals surface area contributed by atoms with E-state index in [-0.39, 0.29) is 17.8 Å². The van der Waals surface area contributed by atoms with Gasteiger partial charge in [-0.05, 0) is 53.6 Å². The highest BCUT2D eigenvalue weighted by Gasteiger charge is 2.27. The number of nitrogens with zero attached hydrogens (tertiary/aromatic N) is 1. The van der Waals surface area contributed by atoms with E-state index in [1.807, 2.05) is 27.5 Å². The van der Waals surface area contributed by atoms with Gasteiger partial charge in [0.1, 0.15) is 5.82 Å². The van der Waals surface area contributed by atoms with Gasteiger partial charge in [-0.2, -0.15) is 0 Å². The van der Waals surface area contributed by atoms with Gasteiger partial charge in [-0.25, -0.2) is 4.39 Å². The molecule has 5 heteroatoms. The molecule has 0 N–H and O–H groups in total. The van der Waals surface area contributed by atoms with Crippen LogP contribution in [0.15, 0.2) is 18.2 Å². The molecule has 0 heterocycles. The van der Waals surface area contributed by atoms with E-state index in [1.165, 1.54) is 12.1 Å². The Morgan fingerprint density at radius 3 is 2.68 bits per heavy atom. The minimum atomic E-state index is -0.314. The summed E-state index contributed by atoms with van der Waals surface area (Å²) in [6, 6.07) is 4.58. The van der Waals surface area contributed by atoms with E-state index in [0.717, 1.165) is 25.7 Å². The van der Waals surface area contributed by atoms with Gasteiger partial charge in [-0.3, -0.25) is 4.79 Å². The molecule has 0 radical (unpaired) electrons. The minimum Gasteiger partial charge on any atom is -0.334 e. The van der Waals surface area contributed by atoms with Crippen LogP contribution in [-0.2, 0) is 0 Å². The van der Waals surface area contributed by atoms with Crippen LogP contribution < -0.4 is 0 Å². The Morgan fingerprint density at radius 2 is 2.11 bits per heavy atom. The lowest BCUT2D eigenvalue weighted by atomic mass is 10.1. The fourth-order valence-corrected chi connectivity index (χ4v) is 3.46. The number of benzene rings is 1. The summed E-state index contributed by atoms with van der Waals surface area (Å²) < 4.78 is 13.8. The number of carbonyl (C=O) groups is 1. The van der Waals surface area contributed by atoms with Gasteiger partial charge in [-0.1, -0.05) is 12.8 Å². The number of rotatable bonds is 4. The lowest BCUT2D eigenvalue weighted by Gasteiger charge is -2.28. The molecule has 0 aromatic heterocycles. The second-order valence-electron chi connectivity index (χ2n) is 4.75. The number of carbonyl (C=O) groups excluding carboxylic acids is 1. The molecule has 0 spiro atoms. The predicted molar refractivity (Wildman–Crippen MR) is 83.1 cm³/mol. The standard InChI is InChI=1S/C14H16ClFINO/c15-7-8-18(11-3-1-2-4-11)14(19)12-6-5-10(16)9-13(12)17/h5-6,9,11H,1-4,7-8H2. The van der Waals surface area contributed by atoms with Crippen molar-refractivity contribution in [1.29, 1.82) is 0 Å². The van der Waals surface area contributed by atoms with E-state index in [1.54, 1.807) is 6.07 Å². The topological polar surface area (TPSA) is 20.3 Å². The molecule has 2 rings (SSSR count). The average molecular weight is 396 g/mol. The summed E-state index contributed by atoms with van der Waals surface area (Å²) in [6.45, 7) is 0.554. The number of amides is 1. The fourth-order valence-electron chi connectivity index (χ4n) is 2.57. The predicted octanol–water partition coefficient (Wildman–Crippen LogP) is 4.05. The van der Waals surface area contributed by atoms with Crippen LogP contribution in [0.3, 0.4) is 0 Å². The van der Waals surface area contributed by atoms with Crippen LogP contribution in [0.1, 0.15) is 36.0 Å². The molecule has 19 heavy (non-hydrogen) atoms. The molecule has 1 amide bonds. The van der Waals surface area contributed by atoms with Crippen molar-refractivity contribution in [2.75, 3.05) is 12.4 Å². The number of hydrogen-bond acceptors (Lipinski definition) is 1. The highest BCUT2D eigenvalue weighted by Crippen LogP contribution is 2.26. The van der Waals surface area contributed by atoms with Gasteiger partial charge in [0.2, 0.25) is 0 Å². The monoisotopic (exact) mass is 395 g/mol. The van der Waals surface area contributed by atoms with Crippen molar-refractivity contribution < 1.29 is 9.18 Å². The number of hydrogen-bond donors (Lipinski definition) is 0. The maximum Gasteiger partial charge on any atom is 0.255 e. The van der Waals surface area contributed by atoms with Gasteiger partial charge < -0.3 is 4.90 Å². The number of alkyl halides is 1. The molecule has 0 bridgehead atoms. The van der Waals surface area contributed by atoms with Gasteiger partial charge in [0.05, 0.1) is 5.56 Å². The Labute approximate surface area is 131 Å². The van der Waals surface area contributed by atoms with Gasteiger partial charge >= 0.3 is 0 Å². The largest absolute Gasteiger partial charge is 0.334 e. The Balaban J connectivity index is 2.22. The van der Waals surface area contributed by atoms with Gasteiger partial charge in [0, 0.05) is 22.0 Å². The second-order valence-corrected chi connectivity index (χ2v) is 6.29. The van der Waals surface area contributed by atoms with Crippen LogP contribution in [0, 0.1) is 9.39 Å². The normalized spacial score (nSPS) is 15.7. The first kappa shape index (κ1) is 15.0. The van der Waals surface area contributed by atoms with E-state index >= 15 is 0 Å². The molecule has 1 saturated carbocycles. The quantitative estimate of drug-likeness (QED) is 0.556. The molecule has 0 unspecified atom stereocenters. The molecule has 1 aliphatic carbocycles. The summed E-state index contributed by atoms with van der Waals surface area (Å²) in [4.78, 5) is 14.5. The first-order valence-electron chi connectivity index (χ1n) is 6.45. The molecule has 0 saturated heterocycles. The van der Waals surface area contributed by atoms with Crippen molar-refractivity contribution in [3.8, 4) is 0 Å².